The second kappa shape index (κ2) is 2.26. The zero-order chi connectivity index (χ0) is 5.82. The van der Waals surface area contributed by atoms with Crippen molar-refractivity contribution in [2.24, 2.45) is 5.10 Å². The van der Waals surface area contributed by atoms with E-state index in [0.717, 1.165) is 11.9 Å². The van der Waals surface area contributed by atoms with E-state index in [0.29, 0.717) is 6.54 Å². The maximum atomic E-state index is 9.99. The van der Waals surface area contributed by atoms with Crippen LogP contribution in [-0.4, -0.2) is 19.0 Å². The second-order valence-corrected chi connectivity index (χ2v) is 1.47. The Bertz CT molecular complexity index is 149. The van der Waals surface area contributed by atoms with Crippen LogP contribution in [0.25, 0.3) is 0 Å². The minimum atomic E-state index is 0.556. The van der Waals surface area contributed by atoms with Crippen LogP contribution >= 0.6 is 0 Å². The van der Waals surface area contributed by atoms with E-state index in [1.807, 2.05) is 0 Å². The molecule has 0 atom stereocenters. The van der Waals surface area contributed by atoms with Crippen molar-refractivity contribution in [2.75, 3.05) is 6.54 Å². The molecule has 3 heteroatoms. The molecule has 0 unspecified atom stereocenters. The Labute approximate surface area is 47.1 Å². The van der Waals surface area contributed by atoms with Crippen molar-refractivity contribution in [3.8, 4) is 0 Å². The number of rotatable bonds is 1. The topological polar surface area (TPSA) is 41.5 Å². The smallest absolute Gasteiger partial charge is 0.147 e. The number of hydrazone groups is 1. The SMILES string of the molecule is O=CC1=CC=NNC1. The highest BCUT2D eigenvalue weighted by atomic mass is 16.1. The molecule has 8 heavy (non-hydrogen) atoms. The molecule has 0 fully saturated rings. The minimum Gasteiger partial charge on any atom is -0.306 e. The molecular weight excluding hydrogens is 104 g/mol. The molecule has 1 aliphatic heterocycles. The van der Waals surface area contributed by atoms with Gasteiger partial charge >= 0.3 is 0 Å². The predicted molar refractivity (Wildman–Crippen MR) is 30.6 cm³/mol. The largest absolute Gasteiger partial charge is 0.306 e. The molecule has 0 spiro atoms. The van der Waals surface area contributed by atoms with Gasteiger partial charge in [-0.25, -0.2) is 0 Å². The third kappa shape index (κ3) is 0.932. The lowest BCUT2D eigenvalue weighted by atomic mass is 10.3. The van der Waals surface area contributed by atoms with Crippen molar-refractivity contribution in [1.29, 1.82) is 0 Å². The average Bonchev–Trinajstić information content (AvgIpc) is 1.90. The maximum Gasteiger partial charge on any atom is 0.147 e. The normalized spacial score (nSPS) is 16.8. The summed E-state index contributed by atoms with van der Waals surface area (Å²) < 4.78 is 0. The molecule has 0 amide bonds. The van der Waals surface area contributed by atoms with Crippen LogP contribution in [-0.2, 0) is 4.79 Å². The first-order valence-electron chi connectivity index (χ1n) is 2.34. The number of hydrogen-bond donors (Lipinski definition) is 1. The second-order valence-electron chi connectivity index (χ2n) is 1.47. The van der Waals surface area contributed by atoms with E-state index in [2.05, 4.69) is 10.5 Å². The number of allylic oxidation sites excluding steroid dienone is 1. The molecule has 0 saturated carbocycles. The van der Waals surface area contributed by atoms with Crippen LogP contribution in [0.4, 0.5) is 0 Å². The fourth-order valence-corrected chi connectivity index (χ4v) is 0.463. The van der Waals surface area contributed by atoms with Crippen molar-refractivity contribution >= 4 is 12.5 Å². The fraction of sp³-hybridized carbons (Fsp3) is 0.200. The summed E-state index contributed by atoms with van der Waals surface area (Å²) in [5.41, 5.74) is 3.39. The zero-order valence-corrected chi connectivity index (χ0v) is 4.29. The highest BCUT2D eigenvalue weighted by Crippen LogP contribution is 1.87. The standard InChI is InChI=1S/C5H6N2O/c8-4-5-1-2-6-7-3-5/h1-2,4,7H,3H2. The summed E-state index contributed by atoms with van der Waals surface area (Å²) in [4.78, 5) is 9.99. The number of hydrogen-bond acceptors (Lipinski definition) is 3. The summed E-state index contributed by atoms with van der Waals surface area (Å²) in [5, 5.41) is 3.66. The van der Waals surface area contributed by atoms with Gasteiger partial charge in [0.15, 0.2) is 0 Å². The summed E-state index contributed by atoms with van der Waals surface area (Å²) in [6.45, 7) is 0.556. The van der Waals surface area contributed by atoms with E-state index in [1.165, 1.54) is 0 Å². The summed E-state index contributed by atoms with van der Waals surface area (Å²) in [6.07, 6.45) is 4.06. The fourth-order valence-electron chi connectivity index (χ4n) is 0.463. The monoisotopic (exact) mass is 110 g/mol. The number of nitrogens with one attached hydrogen (secondary N) is 1. The molecule has 3 nitrogen and oxygen atoms in total. The first kappa shape index (κ1) is 5.03. The van der Waals surface area contributed by atoms with Gasteiger partial charge in [-0.15, -0.1) is 0 Å². The van der Waals surface area contributed by atoms with Gasteiger partial charge in [0.2, 0.25) is 0 Å². The third-order valence-electron chi connectivity index (χ3n) is 0.889. The van der Waals surface area contributed by atoms with E-state index >= 15 is 0 Å². The van der Waals surface area contributed by atoms with Crippen LogP contribution in [0.1, 0.15) is 0 Å². The van der Waals surface area contributed by atoms with Crippen molar-refractivity contribution in [2.45, 2.75) is 0 Å². The Kier molecular flexibility index (Phi) is 1.42. The highest BCUT2D eigenvalue weighted by molar-refractivity contribution is 5.85. The maximum absolute atomic E-state index is 9.99. The lowest BCUT2D eigenvalue weighted by Gasteiger charge is -2.00. The Morgan fingerprint density at radius 3 is 3.12 bits per heavy atom. The Balaban J connectivity index is 2.63. The molecule has 0 aromatic heterocycles. The zero-order valence-electron chi connectivity index (χ0n) is 4.29. The molecule has 0 aliphatic carbocycles. The summed E-state index contributed by atoms with van der Waals surface area (Å²) in [5.74, 6) is 0. The first-order chi connectivity index (χ1) is 3.93. The molecule has 0 bridgehead atoms. The highest BCUT2D eigenvalue weighted by Gasteiger charge is 1.93. The molecule has 1 heterocycles. The van der Waals surface area contributed by atoms with Gasteiger partial charge in [-0.2, -0.15) is 5.10 Å². The van der Waals surface area contributed by atoms with E-state index in [-0.39, 0.29) is 0 Å². The van der Waals surface area contributed by atoms with E-state index < -0.39 is 0 Å². The van der Waals surface area contributed by atoms with Gasteiger partial charge in [0.05, 0.1) is 6.54 Å². The van der Waals surface area contributed by atoms with Gasteiger partial charge in [0, 0.05) is 11.8 Å². The molecule has 0 aromatic rings. The van der Waals surface area contributed by atoms with Gasteiger partial charge in [-0.1, -0.05) is 0 Å². The molecular formula is C5H6N2O. The minimum absolute atomic E-state index is 0.556. The Morgan fingerprint density at radius 2 is 2.75 bits per heavy atom. The molecule has 0 aromatic carbocycles. The van der Waals surface area contributed by atoms with Crippen LogP contribution < -0.4 is 5.43 Å². The summed E-state index contributed by atoms with van der Waals surface area (Å²) in [6, 6.07) is 0. The van der Waals surface area contributed by atoms with E-state index in [4.69, 9.17) is 0 Å². The number of nitrogens with zero attached hydrogens (tertiary/aromatic N) is 1. The van der Waals surface area contributed by atoms with E-state index in [9.17, 15) is 4.79 Å². The molecule has 1 N–H and O–H groups in total. The quantitative estimate of drug-likeness (QED) is 0.471. The Hall–Kier alpha value is -1.12. The number of carbonyl (C=O) groups is 1. The van der Waals surface area contributed by atoms with E-state index in [1.54, 1.807) is 12.3 Å². The molecule has 0 radical (unpaired) electrons. The summed E-state index contributed by atoms with van der Waals surface area (Å²) in [7, 11) is 0. The van der Waals surface area contributed by atoms with Gasteiger partial charge in [-0.05, 0) is 6.08 Å². The average molecular weight is 110 g/mol. The molecule has 1 aliphatic rings. The van der Waals surface area contributed by atoms with Crippen LogP contribution in [0.15, 0.2) is 16.8 Å². The number of aldehydes is 1. The first-order valence-corrected chi connectivity index (χ1v) is 2.34. The van der Waals surface area contributed by atoms with Crippen LogP contribution in [0, 0.1) is 0 Å². The molecule has 0 saturated heterocycles. The van der Waals surface area contributed by atoms with Gasteiger partial charge in [0.25, 0.3) is 0 Å². The van der Waals surface area contributed by atoms with Crippen molar-refractivity contribution in [3.63, 3.8) is 0 Å². The van der Waals surface area contributed by atoms with Crippen LogP contribution in [0.5, 0.6) is 0 Å². The van der Waals surface area contributed by atoms with Gasteiger partial charge in [0.1, 0.15) is 6.29 Å². The lowest BCUT2D eigenvalue weighted by Crippen LogP contribution is -2.14. The number of carbonyl (C=O) groups excluding carboxylic acids is 1. The molecule has 42 valence electrons. The van der Waals surface area contributed by atoms with Crippen LogP contribution in [0.3, 0.4) is 0 Å². The van der Waals surface area contributed by atoms with Crippen molar-refractivity contribution in [3.05, 3.63) is 11.6 Å². The third-order valence-corrected chi connectivity index (χ3v) is 0.889. The Morgan fingerprint density at radius 1 is 1.88 bits per heavy atom. The van der Waals surface area contributed by atoms with Crippen molar-refractivity contribution < 1.29 is 4.79 Å². The summed E-state index contributed by atoms with van der Waals surface area (Å²) >= 11 is 0. The molecule has 1 rings (SSSR count). The van der Waals surface area contributed by atoms with Gasteiger partial charge in [-0.3, -0.25) is 4.79 Å². The van der Waals surface area contributed by atoms with Crippen molar-refractivity contribution in [1.82, 2.24) is 5.43 Å². The van der Waals surface area contributed by atoms with Crippen LogP contribution in [0.2, 0.25) is 0 Å². The van der Waals surface area contributed by atoms with Gasteiger partial charge < -0.3 is 5.43 Å². The lowest BCUT2D eigenvalue weighted by molar-refractivity contribution is -0.104. The predicted octanol–water partition coefficient (Wildman–Crippen LogP) is -0.299.